The first-order chi connectivity index (χ1) is 14.2. The van der Waals surface area contributed by atoms with Crippen LogP contribution in [0.3, 0.4) is 0 Å². The average molecular weight is 393 g/mol. The third-order valence-corrected chi connectivity index (χ3v) is 5.56. The molecule has 0 saturated carbocycles. The van der Waals surface area contributed by atoms with Crippen LogP contribution in [0.2, 0.25) is 0 Å². The molecule has 7 heteroatoms. The molecule has 1 saturated heterocycles. The number of hydrogen-bond acceptors (Lipinski definition) is 4. The first-order valence-corrected chi connectivity index (χ1v) is 10.3. The number of nitrogens with one attached hydrogen (secondary N) is 2. The third kappa shape index (κ3) is 4.92. The van der Waals surface area contributed by atoms with Gasteiger partial charge >= 0.3 is 6.03 Å². The molecule has 1 aliphatic heterocycles. The van der Waals surface area contributed by atoms with Gasteiger partial charge in [0.05, 0.1) is 6.04 Å². The van der Waals surface area contributed by atoms with Gasteiger partial charge in [-0.15, -0.1) is 10.2 Å². The molecule has 4 rings (SSSR count). The second-order valence-corrected chi connectivity index (χ2v) is 7.75. The maximum absolute atomic E-state index is 12.3. The highest BCUT2D eigenvalue weighted by Gasteiger charge is 2.23. The van der Waals surface area contributed by atoms with Crippen LogP contribution >= 0.6 is 0 Å². The van der Waals surface area contributed by atoms with Crippen LogP contribution in [-0.2, 0) is 6.42 Å². The van der Waals surface area contributed by atoms with E-state index in [0.717, 1.165) is 43.9 Å². The van der Waals surface area contributed by atoms with Gasteiger partial charge in [-0.3, -0.25) is 4.40 Å². The molecule has 7 nitrogen and oxygen atoms in total. The highest BCUT2D eigenvalue weighted by molar-refractivity contribution is 5.74. The van der Waals surface area contributed by atoms with Crippen molar-refractivity contribution in [3.63, 3.8) is 0 Å². The summed E-state index contributed by atoms with van der Waals surface area (Å²) in [5, 5.41) is 14.3. The number of pyridine rings is 1. The lowest BCUT2D eigenvalue weighted by atomic mass is 10.1. The highest BCUT2D eigenvalue weighted by Crippen LogP contribution is 2.16. The minimum Gasteiger partial charge on any atom is -0.338 e. The lowest BCUT2D eigenvalue weighted by molar-refractivity contribution is 0.235. The van der Waals surface area contributed by atoms with Crippen molar-refractivity contribution in [2.45, 2.75) is 25.8 Å². The number of urea groups is 1. The fraction of sp³-hybridized carbons (Fsp3) is 0.409. The Hall–Kier alpha value is -2.93. The largest absolute Gasteiger partial charge is 0.338 e. The lowest BCUT2D eigenvalue weighted by Gasteiger charge is -2.17. The number of fused-ring (bicyclic) bond motifs is 1. The Morgan fingerprint density at radius 1 is 1.17 bits per heavy atom. The summed E-state index contributed by atoms with van der Waals surface area (Å²) < 4.78 is 1.90. The van der Waals surface area contributed by atoms with E-state index in [0.29, 0.717) is 12.5 Å². The fourth-order valence-electron chi connectivity index (χ4n) is 3.92. The van der Waals surface area contributed by atoms with E-state index < -0.39 is 0 Å². The number of amides is 2. The van der Waals surface area contributed by atoms with Gasteiger partial charge in [-0.25, -0.2) is 4.79 Å². The molecule has 2 unspecified atom stereocenters. The molecule has 1 aromatic carbocycles. The molecular formula is C22H28N6O. The van der Waals surface area contributed by atoms with E-state index in [1.807, 2.05) is 35.7 Å². The minimum atomic E-state index is -0.224. The average Bonchev–Trinajstić information content (AvgIpc) is 3.38. The predicted octanol–water partition coefficient (Wildman–Crippen LogP) is 2.65. The summed E-state index contributed by atoms with van der Waals surface area (Å²) in [6, 6.07) is 16.0. The van der Waals surface area contributed by atoms with Crippen LogP contribution in [0.15, 0.2) is 54.7 Å². The molecule has 0 bridgehead atoms. The van der Waals surface area contributed by atoms with Gasteiger partial charge in [0.1, 0.15) is 0 Å². The van der Waals surface area contributed by atoms with E-state index in [2.05, 4.69) is 56.1 Å². The van der Waals surface area contributed by atoms with Crippen molar-refractivity contribution in [2.24, 2.45) is 5.92 Å². The van der Waals surface area contributed by atoms with E-state index in [9.17, 15) is 4.79 Å². The quantitative estimate of drug-likeness (QED) is 0.648. The lowest BCUT2D eigenvalue weighted by Crippen LogP contribution is -2.40. The molecule has 0 radical (unpaired) electrons. The van der Waals surface area contributed by atoms with Crippen molar-refractivity contribution >= 4 is 11.7 Å². The second-order valence-electron chi connectivity index (χ2n) is 7.75. The number of carbonyl (C=O) groups is 1. The molecule has 0 spiro atoms. The number of rotatable bonds is 7. The Morgan fingerprint density at radius 3 is 2.86 bits per heavy atom. The minimum absolute atomic E-state index is 0.159. The molecule has 1 aliphatic rings. The molecule has 3 aromatic rings. The van der Waals surface area contributed by atoms with Crippen molar-refractivity contribution < 1.29 is 4.79 Å². The van der Waals surface area contributed by atoms with Crippen LogP contribution in [0.25, 0.3) is 5.65 Å². The summed E-state index contributed by atoms with van der Waals surface area (Å²) in [6.07, 6.45) is 4.11. The normalized spacial score (nSPS) is 18.0. The SMILES string of the molecule is CC(NC(=O)NCC1CCN(CCc2ccccc2)C1)c1nnc2ccccn12. The summed E-state index contributed by atoms with van der Waals surface area (Å²) in [5.74, 6) is 1.23. The molecule has 3 heterocycles. The van der Waals surface area contributed by atoms with Gasteiger partial charge < -0.3 is 15.5 Å². The summed E-state index contributed by atoms with van der Waals surface area (Å²) in [4.78, 5) is 14.8. The van der Waals surface area contributed by atoms with Gasteiger partial charge in [-0.05, 0) is 49.9 Å². The van der Waals surface area contributed by atoms with Crippen LogP contribution in [0.5, 0.6) is 0 Å². The first kappa shape index (κ1) is 19.4. The van der Waals surface area contributed by atoms with E-state index in [1.165, 1.54) is 5.56 Å². The van der Waals surface area contributed by atoms with Crippen molar-refractivity contribution in [1.82, 2.24) is 30.1 Å². The van der Waals surface area contributed by atoms with Crippen LogP contribution in [-0.4, -0.2) is 51.7 Å². The van der Waals surface area contributed by atoms with Crippen molar-refractivity contribution in [2.75, 3.05) is 26.2 Å². The first-order valence-electron chi connectivity index (χ1n) is 10.3. The Labute approximate surface area is 171 Å². The zero-order valence-corrected chi connectivity index (χ0v) is 16.8. The molecule has 1 fully saturated rings. The maximum Gasteiger partial charge on any atom is 0.315 e. The van der Waals surface area contributed by atoms with Gasteiger partial charge in [0.2, 0.25) is 0 Å². The Bertz CT molecular complexity index is 941. The van der Waals surface area contributed by atoms with Crippen molar-refractivity contribution in [3.8, 4) is 0 Å². The molecule has 2 N–H and O–H groups in total. The number of aromatic nitrogens is 3. The molecular weight excluding hydrogens is 364 g/mol. The van der Waals surface area contributed by atoms with Crippen molar-refractivity contribution in [3.05, 3.63) is 66.1 Å². The van der Waals surface area contributed by atoms with Crippen LogP contribution in [0.4, 0.5) is 4.79 Å². The molecule has 2 atom stereocenters. The molecule has 2 amide bonds. The van der Waals surface area contributed by atoms with E-state index in [-0.39, 0.29) is 12.1 Å². The number of carbonyl (C=O) groups excluding carboxylic acids is 1. The number of hydrogen-bond donors (Lipinski definition) is 2. The smallest absolute Gasteiger partial charge is 0.315 e. The highest BCUT2D eigenvalue weighted by atomic mass is 16.2. The summed E-state index contributed by atoms with van der Waals surface area (Å²) in [5.41, 5.74) is 2.15. The Morgan fingerprint density at radius 2 is 2.00 bits per heavy atom. The summed E-state index contributed by atoms with van der Waals surface area (Å²) in [6.45, 7) is 5.83. The van der Waals surface area contributed by atoms with Crippen LogP contribution < -0.4 is 10.6 Å². The molecule has 0 aliphatic carbocycles. The predicted molar refractivity (Wildman–Crippen MR) is 113 cm³/mol. The van der Waals surface area contributed by atoms with Crippen LogP contribution in [0, 0.1) is 5.92 Å². The monoisotopic (exact) mass is 392 g/mol. The standard InChI is InChI=1S/C22H28N6O/c1-17(21-26-25-20-9-5-6-12-28(20)21)24-22(29)23-15-19-11-14-27(16-19)13-10-18-7-3-2-4-8-18/h2-9,12,17,19H,10-11,13-16H2,1H3,(H2,23,24,29). The maximum atomic E-state index is 12.3. The Kier molecular flexibility index (Phi) is 6.05. The topological polar surface area (TPSA) is 74.6 Å². The summed E-state index contributed by atoms with van der Waals surface area (Å²) in [7, 11) is 0. The zero-order valence-electron chi connectivity index (χ0n) is 16.8. The van der Waals surface area contributed by atoms with Gasteiger partial charge in [0.25, 0.3) is 0 Å². The van der Waals surface area contributed by atoms with Gasteiger partial charge in [0.15, 0.2) is 11.5 Å². The van der Waals surface area contributed by atoms with Gasteiger partial charge in [-0.2, -0.15) is 0 Å². The van der Waals surface area contributed by atoms with E-state index >= 15 is 0 Å². The van der Waals surface area contributed by atoms with Crippen molar-refractivity contribution in [1.29, 1.82) is 0 Å². The number of likely N-dealkylation sites (tertiary alicyclic amines) is 1. The third-order valence-electron chi connectivity index (χ3n) is 5.56. The van der Waals surface area contributed by atoms with E-state index in [1.54, 1.807) is 0 Å². The molecule has 2 aromatic heterocycles. The second kappa shape index (κ2) is 9.05. The van der Waals surface area contributed by atoms with Gasteiger partial charge in [-0.1, -0.05) is 36.4 Å². The fourth-order valence-corrected chi connectivity index (χ4v) is 3.92. The zero-order chi connectivity index (χ0) is 20.1. The summed E-state index contributed by atoms with van der Waals surface area (Å²) >= 11 is 0. The number of benzene rings is 1. The van der Waals surface area contributed by atoms with Gasteiger partial charge in [0, 0.05) is 25.8 Å². The Balaban J connectivity index is 1.20. The van der Waals surface area contributed by atoms with E-state index in [4.69, 9.17) is 0 Å². The molecule has 29 heavy (non-hydrogen) atoms. The van der Waals surface area contributed by atoms with Crippen LogP contribution in [0.1, 0.15) is 30.8 Å². The molecule has 152 valence electrons. The number of nitrogens with zero attached hydrogens (tertiary/aromatic N) is 4.